The van der Waals surface area contributed by atoms with Gasteiger partial charge in [-0.15, -0.1) is 0 Å². The minimum Gasteiger partial charge on any atom is -0.408 e. The first-order chi connectivity index (χ1) is 12.0. The summed E-state index contributed by atoms with van der Waals surface area (Å²) in [6.45, 7) is 2.63. The minimum absolute atomic E-state index is 0.0515. The maximum absolute atomic E-state index is 12.0. The van der Waals surface area contributed by atoms with Gasteiger partial charge in [0.2, 0.25) is 5.91 Å². The zero-order valence-electron chi connectivity index (χ0n) is 14.5. The molecule has 0 bridgehead atoms. The number of nitrogens with one attached hydrogen (secondary N) is 1. The van der Waals surface area contributed by atoms with Gasteiger partial charge in [0, 0.05) is 20.0 Å². The van der Waals surface area contributed by atoms with Gasteiger partial charge in [-0.1, -0.05) is 30.3 Å². The first-order valence-corrected chi connectivity index (χ1v) is 8.44. The Hall–Kier alpha value is -2.82. The second-order valence-electron chi connectivity index (χ2n) is 6.26. The molecule has 0 saturated carbocycles. The smallest absolute Gasteiger partial charge is 0.408 e. The van der Waals surface area contributed by atoms with Gasteiger partial charge in [-0.2, -0.15) is 0 Å². The minimum atomic E-state index is -0.364. The largest absolute Gasteiger partial charge is 0.419 e. The highest BCUT2D eigenvalue weighted by Crippen LogP contribution is 2.14. The fraction of sp³-hybridized carbons (Fsp3) is 0.300. The number of nitrogens with zero attached hydrogens (tertiary/aromatic N) is 1. The van der Waals surface area contributed by atoms with Crippen molar-refractivity contribution in [2.45, 2.75) is 26.2 Å². The van der Waals surface area contributed by atoms with Gasteiger partial charge in [0.25, 0.3) is 0 Å². The average molecular weight is 338 g/mol. The summed E-state index contributed by atoms with van der Waals surface area (Å²) in [5, 5.41) is 2.95. The number of aryl methyl sites for hydroxylation is 3. The van der Waals surface area contributed by atoms with Crippen molar-refractivity contribution in [1.29, 1.82) is 0 Å². The number of oxazole rings is 1. The Balaban J connectivity index is 1.50. The van der Waals surface area contributed by atoms with E-state index in [1.54, 1.807) is 7.05 Å². The van der Waals surface area contributed by atoms with E-state index in [9.17, 15) is 9.59 Å². The number of rotatable bonds is 6. The second kappa shape index (κ2) is 7.38. The molecular weight excluding hydrogens is 316 g/mol. The first kappa shape index (κ1) is 17.0. The first-order valence-electron chi connectivity index (χ1n) is 8.44. The van der Waals surface area contributed by atoms with Crippen LogP contribution in [0.1, 0.15) is 23.1 Å². The molecule has 3 rings (SSSR count). The van der Waals surface area contributed by atoms with E-state index in [0.717, 1.165) is 17.5 Å². The molecule has 0 spiro atoms. The third-order valence-electron chi connectivity index (χ3n) is 4.48. The van der Waals surface area contributed by atoms with E-state index in [-0.39, 0.29) is 11.7 Å². The van der Waals surface area contributed by atoms with E-state index in [2.05, 4.69) is 24.4 Å². The van der Waals surface area contributed by atoms with Crippen molar-refractivity contribution in [3.05, 3.63) is 69.7 Å². The lowest BCUT2D eigenvalue weighted by Gasteiger charge is -2.07. The second-order valence-corrected chi connectivity index (χ2v) is 6.26. The Morgan fingerprint density at radius 2 is 1.96 bits per heavy atom. The Labute approximate surface area is 146 Å². The molecule has 0 unspecified atom stereocenters. The third-order valence-corrected chi connectivity index (χ3v) is 4.48. The summed E-state index contributed by atoms with van der Waals surface area (Å²) in [5.74, 6) is -0.313. The van der Waals surface area contributed by atoms with Gasteiger partial charge in [0.15, 0.2) is 5.58 Å². The maximum Gasteiger partial charge on any atom is 0.419 e. The molecule has 1 aromatic heterocycles. The van der Waals surface area contributed by atoms with Gasteiger partial charge in [-0.05, 0) is 48.6 Å². The zero-order chi connectivity index (χ0) is 17.8. The fourth-order valence-electron chi connectivity index (χ4n) is 2.91. The summed E-state index contributed by atoms with van der Waals surface area (Å²) in [6.07, 6.45) is 1.93. The average Bonchev–Trinajstić information content (AvgIpc) is 2.88. The molecule has 0 atom stereocenters. The van der Waals surface area contributed by atoms with Crippen molar-refractivity contribution in [1.82, 2.24) is 9.88 Å². The molecule has 1 amide bonds. The molecule has 25 heavy (non-hydrogen) atoms. The van der Waals surface area contributed by atoms with Gasteiger partial charge in [-0.25, -0.2) is 4.79 Å². The highest BCUT2D eigenvalue weighted by Gasteiger charge is 2.07. The topological polar surface area (TPSA) is 64.2 Å². The van der Waals surface area contributed by atoms with Crippen molar-refractivity contribution in [3.8, 4) is 0 Å². The summed E-state index contributed by atoms with van der Waals surface area (Å²) in [6, 6.07) is 13.8. The molecule has 130 valence electrons. The van der Waals surface area contributed by atoms with E-state index in [4.69, 9.17) is 4.42 Å². The predicted molar refractivity (Wildman–Crippen MR) is 97.7 cm³/mol. The number of hydrogen-bond acceptors (Lipinski definition) is 3. The van der Waals surface area contributed by atoms with E-state index < -0.39 is 0 Å². The van der Waals surface area contributed by atoms with Crippen LogP contribution in [0, 0.1) is 6.92 Å². The lowest BCUT2D eigenvalue weighted by molar-refractivity contribution is -0.121. The van der Waals surface area contributed by atoms with Crippen LogP contribution >= 0.6 is 0 Å². The van der Waals surface area contributed by atoms with Crippen LogP contribution < -0.4 is 11.1 Å². The van der Waals surface area contributed by atoms with Crippen LogP contribution in [-0.2, 0) is 24.7 Å². The lowest BCUT2D eigenvalue weighted by atomic mass is 10.0. The highest BCUT2D eigenvalue weighted by molar-refractivity contribution is 5.76. The standard InChI is InChI=1S/C20H22N2O3/c1-14-5-3-4-6-16(14)8-10-19(23)21-12-11-15-7-9-17-18(13-15)25-20(24)22(17)2/h3-7,9,13H,8,10-12H2,1-2H3,(H,21,23). The summed E-state index contributed by atoms with van der Waals surface area (Å²) in [5.41, 5.74) is 4.81. The summed E-state index contributed by atoms with van der Waals surface area (Å²) in [4.78, 5) is 23.5. The molecule has 0 saturated heterocycles. The molecule has 1 heterocycles. The molecule has 0 aliphatic carbocycles. The van der Waals surface area contributed by atoms with Crippen LogP contribution in [0.5, 0.6) is 0 Å². The molecule has 0 radical (unpaired) electrons. The van der Waals surface area contributed by atoms with Gasteiger partial charge in [0.1, 0.15) is 0 Å². The summed E-state index contributed by atoms with van der Waals surface area (Å²) < 4.78 is 6.66. The molecule has 0 aliphatic rings. The molecule has 0 aliphatic heterocycles. The Bertz CT molecular complexity index is 953. The van der Waals surface area contributed by atoms with Crippen molar-refractivity contribution >= 4 is 17.0 Å². The molecule has 0 fully saturated rings. The van der Waals surface area contributed by atoms with Crippen LogP contribution in [0.25, 0.3) is 11.1 Å². The number of benzene rings is 2. The quantitative estimate of drug-likeness (QED) is 0.752. The van der Waals surface area contributed by atoms with E-state index in [0.29, 0.717) is 25.0 Å². The maximum atomic E-state index is 12.0. The van der Waals surface area contributed by atoms with Crippen molar-refractivity contribution in [2.75, 3.05) is 6.54 Å². The van der Waals surface area contributed by atoms with E-state index in [1.165, 1.54) is 15.7 Å². The number of carbonyl (C=O) groups excluding carboxylic acids is 1. The Kier molecular flexibility index (Phi) is 5.03. The van der Waals surface area contributed by atoms with Gasteiger partial charge in [-0.3, -0.25) is 9.36 Å². The summed E-state index contributed by atoms with van der Waals surface area (Å²) >= 11 is 0. The number of amides is 1. The van der Waals surface area contributed by atoms with Gasteiger partial charge < -0.3 is 9.73 Å². The summed E-state index contributed by atoms with van der Waals surface area (Å²) in [7, 11) is 1.68. The highest BCUT2D eigenvalue weighted by atomic mass is 16.4. The SMILES string of the molecule is Cc1ccccc1CCC(=O)NCCc1ccc2c(c1)oc(=O)n2C. The van der Waals surface area contributed by atoms with Crippen LogP contribution in [-0.4, -0.2) is 17.0 Å². The number of aromatic nitrogens is 1. The van der Waals surface area contributed by atoms with Crippen molar-refractivity contribution in [2.24, 2.45) is 7.05 Å². The zero-order valence-corrected chi connectivity index (χ0v) is 14.5. The van der Waals surface area contributed by atoms with Crippen LogP contribution in [0.3, 0.4) is 0 Å². The van der Waals surface area contributed by atoms with Crippen LogP contribution in [0.4, 0.5) is 0 Å². The normalized spacial score (nSPS) is 11.0. The molecule has 5 heteroatoms. The van der Waals surface area contributed by atoms with Crippen LogP contribution in [0.2, 0.25) is 0 Å². The van der Waals surface area contributed by atoms with E-state index >= 15 is 0 Å². The Morgan fingerprint density at radius 1 is 1.16 bits per heavy atom. The molecule has 2 aromatic carbocycles. The van der Waals surface area contributed by atoms with Crippen LogP contribution in [0.15, 0.2) is 51.7 Å². The molecular formula is C20H22N2O3. The monoisotopic (exact) mass is 338 g/mol. The fourth-order valence-corrected chi connectivity index (χ4v) is 2.91. The number of carbonyl (C=O) groups is 1. The lowest BCUT2D eigenvalue weighted by Crippen LogP contribution is -2.25. The Morgan fingerprint density at radius 3 is 2.76 bits per heavy atom. The molecule has 1 N–H and O–H groups in total. The van der Waals surface area contributed by atoms with Crippen molar-refractivity contribution in [3.63, 3.8) is 0 Å². The third kappa shape index (κ3) is 3.99. The number of hydrogen-bond donors (Lipinski definition) is 1. The molecule has 5 nitrogen and oxygen atoms in total. The van der Waals surface area contributed by atoms with Gasteiger partial charge in [0.05, 0.1) is 5.52 Å². The molecule has 3 aromatic rings. The van der Waals surface area contributed by atoms with Crippen molar-refractivity contribution < 1.29 is 9.21 Å². The van der Waals surface area contributed by atoms with E-state index in [1.807, 2.05) is 30.3 Å². The predicted octanol–water partition coefficient (Wildman–Crippen LogP) is 2.73. The number of fused-ring (bicyclic) bond motifs is 1. The van der Waals surface area contributed by atoms with Gasteiger partial charge >= 0.3 is 5.76 Å².